The SMILES string of the molecule is c1ccc(N=Nc2ccc(-c3ccccc3)c3cc4ccccc4cc23)cc1. The first-order valence-corrected chi connectivity index (χ1v) is 9.36. The molecule has 0 atom stereocenters. The molecule has 0 heterocycles. The lowest BCUT2D eigenvalue weighted by Gasteiger charge is -2.11. The minimum absolute atomic E-state index is 0.851. The van der Waals surface area contributed by atoms with Crippen molar-refractivity contribution in [3.63, 3.8) is 0 Å². The lowest BCUT2D eigenvalue weighted by molar-refractivity contribution is 1.24. The third-order valence-corrected chi connectivity index (χ3v) is 4.97. The molecule has 0 saturated carbocycles. The summed E-state index contributed by atoms with van der Waals surface area (Å²) in [5.41, 5.74) is 4.14. The van der Waals surface area contributed by atoms with Crippen LogP contribution in [0.3, 0.4) is 0 Å². The highest BCUT2D eigenvalue weighted by Crippen LogP contribution is 2.37. The van der Waals surface area contributed by atoms with Crippen molar-refractivity contribution in [1.82, 2.24) is 0 Å². The van der Waals surface area contributed by atoms with Crippen LogP contribution in [-0.2, 0) is 0 Å². The minimum Gasteiger partial charge on any atom is -0.151 e. The lowest BCUT2D eigenvalue weighted by Crippen LogP contribution is -1.83. The van der Waals surface area contributed by atoms with Crippen molar-refractivity contribution in [1.29, 1.82) is 0 Å². The number of rotatable bonds is 3. The third kappa shape index (κ3) is 3.06. The first-order valence-electron chi connectivity index (χ1n) is 9.36. The van der Waals surface area contributed by atoms with Gasteiger partial charge in [0.1, 0.15) is 0 Å². The second kappa shape index (κ2) is 7.09. The topological polar surface area (TPSA) is 24.7 Å². The summed E-state index contributed by atoms with van der Waals surface area (Å²) in [5, 5.41) is 13.7. The molecule has 132 valence electrons. The number of nitrogens with zero attached hydrogens (tertiary/aromatic N) is 2. The van der Waals surface area contributed by atoms with E-state index in [2.05, 4.69) is 83.0 Å². The number of fused-ring (bicyclic) bond motifs is 2. The monoisotopic (exact) mass is 358 g/mol. The largest absolute Gasteiger partial charge is 0.151 e. The van der Waals surface area contributed by atoms with Crippen LogP contribution in [0, 0.1) is 0 Å². The number of azo groups is 1. The van der Waals surface area contributed by atoms with Gasteiger partial charge >= 0.3 is 0 Å². The van der Waals surface area contributed by atoms with Gasteiger partial charge in [-0.15, -0.1) is 5.11 Å². The fraction of sp³-hybridized carbons (Fsp3) is 0. The Morgan fingerprint density at radius 2 is 1.07 bits per heavy atom. The molecule has 0 N–H and O–H groups in total. The normalized spacial score (nSPS) is 11.4. The van der Waals surface area contributed by atoms with E-state index in [9.17, 15) is 0 Å². The van der Waals surface area contributed by atoms with Crippen LogP contribution in [0.15, 0.2) is 119 Å². The molecular formula is C26H18N2. The van der Waals surface area contributed by atoms with Crippen LogP contribution < -0.4 is 0 Å². The van der Waals surface area contributed by atoms with Gasteiger partial charge in [0.25, 0.3) is 0 Å². The summed E-state index contributed by atoms with van der Waals surface area (Å²) in [6, 6.07) is 37.5. The zero-order chi connectivity index (χ0) is 18.8. The summed E-state index contributed by atoms with van der Waals surface area (Å²) in [5.74, 6) is 0. The maximum atomic E-state index is 4.57. The summed E-state index contributed by atoms with van der Waals surface area (Å²) in [6.07, 6.45) is 0. The molecule has 0 aliphatic rings. The van der Waals surface area contributed by atoms with Crippen LogP contribution >= 0.6 is 0 Å². The van der Waals surface area contributed by atoms with Crippen LogP contribution in [0.4, 0.5) is 11.4 Å². The van der Waals surface area contributed by atoms with E-state index in [0.29, 0.717) is 0 Å². The van der Waals surface area contributed by atoms with Crippen molar-refractivity contribution in [2.45, 2.75) is 0 Å². The predicted molar refractivity (Wildman–Crippen MR) is 118 cm³/mol. The van der Waals surface area contributed by atoms with Crippen LogP contribution in [-0.4, -0.2) is 0 Å². The van der Waals surface area contributed by atoms with Gasteiger partial charge in [0.15, 0.2) is 0 Å². The van der Waals surface area contributed by atoms with Crippen molar-refractivity contribution < 1.29 is 0 Å². The standard InChI is InChI=1S/C26H18N2/c1-3-9-19(10-4-1)23-15-16-26(28-27-22-13-5-2-6-14-22)25-18-21-12-8-7-11-20(21)17-24(23)25/h1-18H. The van der Waals surface area contributed by atoms with E-state index < -0.39 is 0 Å². The maximum absolute atomic E-state index is 4.57. The molecule has 5 aromatic carbocycles. The predicted octanol–water partition coefficient (Wildman–Crippen LogP) is 8.08. The van der Waals surface area contributed by atoms with Gasteiger partial charge in [-0.2, -0.15) is 5.11 Å². The zero-order valence-corrected chi connectivity index (χ0v) is 15.3. The average Bonchev–Trinajstić information content (AvgIpc) is 2.77. The highest BCUT2D eigenvalue weighted by molar-refractivity contribution is 6.09. The fourth-order valence-corrected chi connectivity index (χ4v) is 3.58. The number of hydrogen-bond acceptors (Lipinski definition) is 2. The van der Waals surface area contributed by atoms with Gasteiger partial charge in [-0.05, 0) is 57.6 Å². The van der Waals surface area contributed by atoms with Gasteiger partial charge < -0.3 is 0 Å². The molecule has 0 unspecified atom stereocenters. The Bertz CT molecular complexity index is 1290. The smallest absolute Gasteiger partial charge is 0.0936 e. The molecule has 28 heavy (non-hydrogen) atoms. The Labute approximate surface area is 163 Å². The number of benzene rings is 5. The highest BCUT2D eigenvalue weighted by atomic mass is 15.1. The molecule has 0 aromatic heterocycles. The molecule has 0 spiro atoms. The lowest BCUT2D eigenvalue weighted by atomic mass is 9.94. The highest BCUT2D eigenvalue weighted by Gasteiger charge is 2.09. The molecule has 0 aliphatic carbocycles. The number of hydrogen-bond donors (Lipinski definition) is 0. The fourth-order valence-electron chi connectivity index (χ4n) is 3.58. The Balaban J connectivity index is 1.75. The van der Waals surface area contributed by atoms with Gasteiger partial charge in [0.05, 0.1) is 11.4 Å². The van der Waals surface area contributed by atoms with Gasteiger partial charge in [-0.25, -0.2) is 0 Å². The third-order valence-electron chi connectivity index (χ3n) is 4.97. The van der Waals surface area contributed by atoms with Crippen molar-refractivity contribution in [2.24, 2.45) is 10.2 Å². The van der Waals surface area contributed by atoms with E-state index >= 15 is 0 Å². The summed E-state index contributed by atoms with van der Waals surface area (Å²) in [7, 11) is 0. The molecule has 0 fully saturated rings. The molecular weight excluding hydrogens is 340 g/mol. The maximum Gasteiger partial charge on any atom is 0.0936 e. The Hall–Kier alpha value is -3.78. The molecule has 0 bridgehead atoms. The first kappa shape index (κ1) is 16.4. The molecule has 5 aromatic rings. The zero-order valence-electron chi connectivity index (χ0n) is 15.3. The molecule has 0 radical (unpaired) electrons. The van der Waals surface area contributed by atoms with E-state index in [1.807, 2.05) is 36.4 Å². The van der Waals surface area contributed by atoms with Crippen molar-refractivity contribution in [2.75, 3.05) is 0 Å². The van der Waals surface area contributed by atoms with Crippen LogP contribution in [0.2, 0.25) is 0 Å². The summed E-state index contributed by atoms with van der Waals surface area (Å²) < 4.78 is 0. The van der Waals surface area contributed by atoms with Crippen LogP contribution in [0.25, 0.3) is 32.7 Å². The minimum atomic E-state index is 0.851. The summed E-state index contributed by atoms with van der Waals surface area (Å²) in [4.78, 5) is 0. The van der Waals surface area contributed by atoms with E-state index in [-0.39, 0.29) is 0 Å². The molecule has 5 rings (SSSR count). The van der Waals surface area contributed by atoms with Crippen molar-refractivity contribution >= 4 is 32.9 Å². The van der Waals surface area contributed by atoms with Crippen LogP contribution in [0.5, 0.6) is 0 Å². The van der Waals surface area contributed by atoms with E-state index in [1.165, 1.54) is 27.3 Å². The molecule has 2 nitrogen and oxygen atoms in total. The summed E-state index contributed by atoms with van der Waals surface area (Å²) in [6.45, 7) is 0. The Morgan fingerprint density at radius 3 is 1.79 bits per heavy atom. The average molecular weight is 358 g/mol. The Kier molecular flexibility index (Phi) is 4.15. The van der Waals surface area contributed by atoms with Gasteiger partial charge in [0, 0.05) is 5.39 Å². The van der Waals surface area contributed by atoms with Crippen LogP contribution in [0.1, 0.15) is 0 Å². The second-order valence-corrected chi connectivity index (χ2v) is 6.78. The molecule has 0 aliphatic heterocycles. The van der Waals surface area contributed by atoms with Gasteiger partial charge in [-0.3, -0.25) is 0 Å². The van der Waals surface area contributed by atoms with E-state index in [1.54, 1.807) is 0 Å². The second-order valence-electron chi connectivity index (χ2n) is 6.78. The van der Waals surface area contributed by atoms with Gasteiger partial charge in [-0.1, -0.05) is 78.9 Å². The van der Waals surface area contributed by atoms with Gasteiger partial charge in [0.2, 0.25) is 0 Å². The summed E-state index contributed by atoms with van der Waals surface area (Å²) >= 11 is 0. The molecule has 2 heteroatoms. The first-order chi connectivity index (χ1) is 13.9. The van der Waals surface area contributed by atoms with Crippen molar-refractivity contribution in [3.05, 3.63) is 109 Å². The molecule has 0 amide bonds. The quantitative estimate of drug-likeness (QED) is 0.230. The van der Waals surface area contributed by atoms with Crippen molar-refractivity contribution in [3.8, 4) is 11.1 Å². The van der Waals surface area contributed by atoms with E-state index in [0.717, 1.165) is 16.8 Å². The van der Waals surface area contributed by atoms with E-state index in [4.69, 9.17) is 0 Å². The Morgan fingerprint density at radius 1 is 0.464 bits per heavy atom. The molecule has 0 saturated heterocycles.